The first-order valence-electron chi connectivity index (χ1n) is 9.94. The van der Waals surface area contributed by atoms with E-state index in [0.717, 1.165) is 37.4 Å². The van der Waals surface area contributed by atoms with Crippen molar-refractivity contribution in [1.29, 1.82) is 0 Å². The third-order valence-corrected chi connectivity index (χ3v) is 6.69. The van der Waals surface area contributed by atoms with E-state index in [1.807, 2.05) is 17.8 Å². The van der Waals surface area contributed by atoms with Crippen molar-refractivity contribution in [2.45, 2.75) is 41.2 Å². The lowest BCUT2D eigenvalue weighted by Crippen LogP contribution is -2.39. The molecule has 0 spiro atoms. The Balaban J connectivity index is 0.000000293. The summed E-state index contributed by atoms with van der Waals surface area (Å²) in [5.74, 6) is -2.51. The number of piperidine rings is 1. The molecule has 2 aliphatic rings. The third-order valence-electron chi connectivity index (χ3n) is 5.24. The average Bonchev–Trinajstić information content (AvgIpc) is 2.90. The maximum atomic E-state index is 9.83. The quantitative estimate of drug-likeness (QED) is 0.587. The number of carbonyl (C=O) groups is 2. The maximum absolute atomic E-state index is 9.83. The minimum absolute atomic E-state index is 0.141. The third kappa shape index (κ3) is 6.58. The van der Waals surface area contributed by atoms with Crippen molar-refractivity contribution in [3.63, 3.8) is 0 Å². The molecule has 1 atom stereocenters. The van der Waals surface area contributed by atoms with Gasteiger partial charge in [-0.3, -0.25) is 4.90 Å². The van der Waals surface area contributed by atoms with Crippen LogP contribution in [0.25, 0.3) is 0 Å². The Morgan fingerprint density at radius 2 is 1.65 bits per heavy atom. The van der Waals surface area contributed by atoms with Gasteiger partial charge in [-0.1, -0.05) is 41.6 Å². The lowest BCUT2D eigenvalue weighted by Gasteiger charge is -2.36. The highest BCUT2D eigenvalue weighted by Gasteiger charge is 2.30. The van der Waals surface area contributed by atoms with Crippen LogP contribution in [0.1, 0.15) is 30.0 Å². The van der Waals surface area contributed by atoms with Crippen LogP contribution in [0.5, 0.6) is 0 Å². The number of aliphatic hydroxyl groups excluding tert-OH is 1. The van der Waals surface area contributed by atoms with E-state index < -0.39 is 11.9 Å². The van der Waals surface area contributed by atoms with E-state index in [1.165, 1.54) is 20.9 Å². The van der Waals surface area contributed by atoms with Gasteiger partial charge in [-0.15, -0.1) is 0 Å². The maximum Gasteiger partial charge on any atom is 0.328 e. The predicted octanol–water partition coefficient (Wildman–Crippen LogP) is 4.26. The zero-order valence-corrected chi connectivity index (χ0v) is 18.4. The first-order chi connectivity index (χ1) is 14.8. The Kier molecular flexibility index (Phi) is 8.15. The van der Waals surface area contributed by atoms with Crippen LogP contribution >= 0.6 is 23.4 Å². The van der Waals surface area contributed by atoms with E-state index in [1.54, 1.807) is 0 Å². The molecule has 2 aromatic rings. The summed E-state index contributed by atoms with van der Waals surface area (Å²) in [6.07, 6.45) is 3.71. The number of halogens is 1. The van der Waals surface area contributed by atoms with E-state index in [2.05, 4.69) is 41.3 Å². The van der Waals surface area contributed by atoms with Crippen LogP contribution in [-0.2, 0) is 16.0 Å². The number of aliphatic hydroxyl groups is 1. The number of carboxylic acids is 2. The minimum atomic E-state index is -1.26. The fraction of sp³-hybridized carbons (Fsp3) is 0.304. The molecule has 0 bridgehead atoms. The van der Waals surface area contributed by atoms with Crippen molar-refractivity contribution < 1.29 is 24.9 Å². The van der Waals surface area contributed by atoms with Gasteiger partial charge in [0.15, 0.2) is 0 Å². The molecule has 2 aliphatic heterocycles. The Morgan fingerprint density at radius 1 is 1.00 bits per heavy atom. The second-order valence-corrected chi connectivity index (χ2v) is 8.91. The zero-order valence-electron chi connectivity index (χ0n) is 16.8. The van der Waals surface area contributed by atoms with Crippen LogP contribution in [0.3, 0.4) is 0 Å². The average molecular weight is 462 g/mol. The van der Waals surface area contributed by atoms with E-state index in [0.29, 0.717) is 18.2 Å². The molecule has 0 aromatic heterocycles. The highest BCUT2D eigenvalue weighted by Crippen LogP contribution is 2.44. The molecule has 0 amide bonds. The van der Waals surface area contributed by atoms with Gasteiger partial charge in [-0.2, -0.15) is 0 Å². The lowest BCUT2D eigenvalue weighted by molar-refractivity contribution is -0.134. The molecule has 8 heteroatoms. The Labute approximate surface area is 190 Å². The molecule has 31 heavy (non-hydrogen) atoms. The number of aliphatic carboxylic acids is 2. The van der Waals surface area contributed by atoms with Crippen LogP contribution in [0.15, 0.2) is 64.4 Å². The molecule has 1 unspecified atom stereocenters. The monoisotopic (exact) mass is 461 g/mol. The summed E-state index contributed by atoms with van der Waals surface area (Å²) in [6.45, 7) is 1.90. The van der Waals surface area contributed by atoms with Crippen LogP contribution in [0, 0.1) is 0 Å². The predicted molar refractivity (Wildman–Crippen MR) is 120 cm³/mol. The van der Waals surface area contributed by atoms with Gasteiger partial charge in [0.1, 0.15) is 0 Å². The highest BCUT2D eigenvalue weighted by atomic mass is 35.5. The smallest absolute Gasteiger partial charge is 0.328 e. The van der Waals surface area contributed by atoms with Crippen LogP contribution < -0.4 is 0 Å². The summed E-state index contributed by atoms with van der Waals surface area (Å²) in [7, 11) is 0. The van der Waals surface area contributed by atoms with Gasteiger partial charge in [0.25, 0.3) is 0 Å². The van der Waals surface area contributed by atoms with Crippen molar-refractivity contribution in [2.24, 2.45) is 0 Å². The van der Waals surface area contributed by atoms with E-state index in [4.69, 9.17) is 21.8 Å². The fourth-order valence-corrected chi connectivity index (χ4v) is 5.04. The number of hydrogen-bond donors (Lipinski definition) is 3. The molecule has 0 radical (unpaired) electrons. The molecular weight excluding hydrogens is 438 g/mol. The number of likely N-dealkylation sites (tertiary alicyclic amines) is 1. The lowest BCUT2D eigenvalue weighted by atomic mass is 9.95. The number of hydrogen-bond acceptors (Lipinski definition) is 5. The Bertz CT molecular complexity index is 956. The van der Waals surface area contributed by atoms with Crippen molar-refractivity contribution in [3.05, 3.63) is 70.8 Å². The molecular formula is C23H24ClNO5S. The summed E-state index contributed by atoms with van der Waals surface area (Å²) >= 11 is 8.15. The number of rotatable bonds is 3. The van der Waals surface area contributed by atoms with E-state index in [-0.39, 0.29) is 6.10 Å². The van der Waals surface area contributed by atoms with Gasteiger partial charge in [0.05, 0.1) is 6.10 Å². The molecule has 2 heterocycles. The van der Waals surface area contributed by atoms with Crippen LogP contribution in [0.2, 0.25) is 5.02 Å². The second-order valence-electron chi connectivity index (χ2n) is 7.39. The molecule has 164 valence electrons. The summed E-state index contributed by atoms with van der Waals surface area (Å²) in [5, 5.41) is 26.3. The molecule has 3 N–H and O–H groups in total. The van der Waals surface area contributed by atoms with Crippen LogP contribution in [-0.4, -0.2) is 51.4 Å². The molecule has 1 fully saturated rings. The molecule has 6 nitrogen and oxygen atoms in total. The summed E-state index contributed by atoms with van der Waals surface area (Å²) < 4.78 is 0. The SMILES string of the molecule is O=C(O)/C=C\C(=O)O.OC1CCN(C2Cc3ccccc3Sc3ccc(Cl)cc32)CC1. The van der Waals surface area contributed by atoms with Gasteiger partial charge < -0.3 is 15.3 Å². The largest absolute Gasteiger partial charge is 0.478 e. The van der Waals surface area contributed by atoms with Crippen molar-refractivity contribution in [1.82, 2.24) is 4.90 Å². The molecule has 0 saturated carbocycles. The summed E-state index contributed by atoms with van der Waals surface area (Å²) in [6, 6.07) is 15.3. The van der Waals surface area contributed by atoms with Gasteiger partial charge in [0, 0.05) is 46.1 Å². The fourth-order valence-electron chi connectivity index (χ4n) is 3.75. The second kappa shape index (κ2) is 10.8. The van der Waals surface area contributed by atoms with Crippen molar-refractivity contribution >= 4 is 35.3 Å². The number of nitrogens with zero attached hydrogens (tertiary/aromatic N) is 1. The summed E-state index contributed by atoms with van der Waals surface area (Å²) in [4.78, 5) is 24.3. The van der Waals surface area contributed by atoms with Crippen molar-refractivity contribution in [3.8, 4) is 0 Å². The van der Waals surface area contributed by atoms with Gasteiger partial charge in [-0.05, 0) is 54.7 Å². The van der Waals surface area contributed by atoms with Gasteiger partial charge in [-0.25, -0.2) is 9.59 Å². The Morgan fingerprint density at radius 3 is 2.29 bits per heavy atom. The number of carboxylic acid groups (broad SMARTS) is 2. The minimum Gasteiger partial charge on any atom is -0.478 e. The van der Waals surface area contributed by atoms with E-state index >= 15 is 0 Å². The zero-order chi connectivity index (χ0) is 22.4. The van der Waals surface area contributed by atoms with Gasteiger partial charge in [0.2, 0.25) is 0 Å². The number of fused-ring (bicyclic) bond motifs is 2. The standard InChI is InChI=1S/C19H20ClNOS.C4H4O4/c20-14-5-6-19-16(12-14)17(21-9-7-15(22)8-10-21)11-13-3-1-2-4-18(13)23-19;5-3(6)1-2-4(7)8/h1-6,12,15,17,22H,7-11H2;1-2H,(H,5,6)(H,7,8)/b;2-1-. The first-order valence-corrected chi connectivity index (χ1v) is 11.1. The molecule has 4 rings (SSSR count). The number of benzene rings is 2. The van der Waals surface area contributed by atoms with Crippen molar-refractivity contribution in [2.75, 3.05) is 13.1 Å². The van der Waals surface area contributed by atoms with Crippen LogP contribution in [0.4, 0.5) is 0 Å². The highest BCUT2D eigenvalue weighted by molar-refractivity contribution is 7.99. The van der Waals surface area contributed by atoms with Gasteiger partial charge >= 0.3 is 11.9 Å². The topological polar surface area (TPSA) is 98.1 Å². The summed E-state index contributed by atoms with van der Waals surface area (Å²) in [5.41, 5.74) is 2.73. The first kappa shape index (κ1) is 23.3. The Hall–Kier alpha value is -2.32. The molecule has 2 aromatic carbocycles. The molecule has 1 saturated heterocycles. The normalized spacial score (nSPS) is 19.0. The van der Waals surface area contributed by atoms with E-state index in [9.17, 15) is 14.7 Å². The molecule has 0 aliphatic carbocycles.